The van der Waals surface area contributed by atoms with Crippen molar-refractivity contribution < 1.29 is 33.5 Å². The lowest BCUT2D eigenvalue weighted by molar-refractivity contribution is -0.184. The number of nitrogens with zero attached hydrogens (tertiary/aromatic N) is 3. The molecule has 1 aromatic carbocycles. The third-order valence-corrected chi connectivity index (χ3v) is 5.70. The predicted molar refractivity (Wildman–Crippen MR) is 103 cm³/mol. The smallest absolute Gasteiger partial charge is 0.332 e. The Labute approximate surface area is 177 Å². The summed E-state index contributed by atoms with van der Waals surface area (Å²) in [7, 11) is 1.13. The molecule has 31 heavy (non-hydrogen) atoms. The number of carbonyl (C=O) groups is 6. The third-order valence-electron chi connectivity index (χ3n) is 5.70. The summed E-state index contributed by atoms with van der Waals surface area (Å²) in [5, 5.41) is 0. The summed E-state index contributed by atoms with van der Waals surface area (Å²) in [6.45, 7) is 5.21. The minimum Gasteiger partial charge on any atom is -0.467 e. The van der Waals surface area contributed by atoms with E-state index < -0.39 is 53.8 Å². The first-order valence-corrected chi connectivity index (χ1v) is 9.58. The Bertz CT molecular complexity index is 1030. The molecular weight excluding hydrogens is 406 g/mol. The number of methoxy groups -OCH3 is 1. The first-order chi connectivity index (χ1) is 14.7. The van der Waals surface area contributed by atoms with Crippen molar-refractivity contribution in [1.82, 2.24) is 14.7 Å². The molecule has 2 saturated heterocycles. The van der Waals surface area contributed by atoms with Gasteiger partial charge in [0.2, 0.25) is 11.8 Å². The van der Waals surface area contributed by atoms with Crippen LogP contribution in [0.25, 0.3) is 0 Å². The van der Waals surface area contributed by atoms with Crippen LogP contribution in [0, 0.1) is 0 Å². The number of imide groups is 2. The lowest BCUT2D eigenvalue weighted by Gasteiger charge is -2.54. The number of carbonyl (C=O) groups excluding carboxylic acids is 6. The zero-order valence-electron chi connectivity index (χ0n) is 16.9. The largest absolute Gasteiger partial charge is 0.467 e. The van der Waals surface area contributed by atoms with Crippen molar-refractivity contribution in [2.24, 2.45) is 0 Å². The van der Waals surface area contributed by atoms with E-state index in [1.165, 1.54) is 19.1 Å². The fraction of sp³-hybridized carbons (Fsp3) is 0.333. The highest BCUT2D eigenvalue weighted by atomic mass is 16.5. The Hall–Kier alpha value is -3.82. The van der Waals surface area contributed by atoms with Crippen molar-refractivity contribution in [3.63, 3.8) is 0 Å². The molecule has 2 fully saturated rings. The summed E-state index contributed by atoms with van der Waals surface area (Å²) < 4.78 is 4.77. The van der Waals surface area contributed by atoms with E-state index in [1.54, 1.807) is 12.1 Å². The van der Waals surface area contributed by atoms with Gasteiger partial charge >= 0.3 is 5.97 Å². The van der Waals surface area contributed by atoms with Crippen LogP contribution in [-0.2, 0) is 23.9 Å². The SMILES string of the molecule is C=C(C)C(C(=O)OC)N1C(=O)C(N2C(=O)c3ccccc3C2=O)[C@H]1N1C(=O)CCC1=O. The van der Waals surface area contributed by atoms with E-state index in [4.69, 9.17) is 4.74 Å². The van der Waals surface area contributed by atoms with E-state index in [9.17, 15) is 28.8 Å². The summed E-state index contributed by atoms with van der Waals surface area (Å²) in [5.41, 5.74) is 0.493. The van der Waals surface area contributed by atoms with Crippen molar-refractivity contribution >= 4 is 35.5 Å². The molecule has 2 unspecified atom stereocenters. The van der Waals surface area contributed by atoms with Gasteiger partial charge in [0, 0.05) is 12.8 Å². The summed E-state index contributed by atoms with van der Waals surface area (Å²) in [6.07, 6.45) is -1.46. The Morgan fingerprint density at radius 1 is 1.00 bits per heavy atom. The van der Waals surface area contributed by atoms with Gasteiger partial charge in [0.05, 0.1) is 18.2 Å². The highest BCUT2D eigenvalue weighted by Crippen LogP contribution is 2.38. The normalized spacial score (nSPS) is 23.8. The van der Waals surface area contributed by atoms with E-state index >= 15 is 0 Å². The highest BCUT2D eigenvalue weighted by molar-refractivity contribution is 6.23. The molecular formula is C21H19N3O7. The number of ether oxygens (including phenoxy) is 1. The maximum absolute atomic E-state index is 13.2. The summed E-state index contributed by atoms with van der Waals surface area (Å²) >= 11 is 0. The van der Waals surface area contributed by atoms with E-state index in [0.717, 1.165) is 21.8 Å². The summed E-state index contributed by atoms with van der Waals surface area (Å²) in [6, 6.07) is 3.37. The van der Waals surface area contributed by atoms with Crippen LogP contribution in [0.5, 0.6) is 0 Å². The fourth-order valence-electron chi connectivity index (χ4n) is 4.28. The molecule has 10 nitrogen and oxygen atoms in total. The van der Waals surface area contributed by atoms with E-state index in [0.29, 0.717) is 0 Å². The Morgan fingerprint density at radius 2 is 1.52 bits per heavy atom. The van der Waals surface area contributed by atoms with Gasteiger partial charge < -0.3 is 4.74 Å². The average Bonchev–Trinajstić information content (AvgIpc) is 3.20. The molecule has 3 heterocycles. The van der Waals surface area contributed by atoms with Crippen LogP contribution >= 0.6 is 0 Å². The maximum Gasteiger partial charge on any atom is 0.332 e. The number of benzene rings is 1. The van der Waals surface area contributed by atoms with Gasteiger partial charge in [-0.05, 0) is 24.6 Å². The molecule has 1 aromatic rings. The molecule has 160 valence electrons. The van der Waals surface area contributed by atoms with Crippen molar-refractivity contribution in [3.05, 3.63) is 47.5 Å². The second-order valence-electron chi connectivity index (χ2n) is 7.56. The fourth-order valence-corrected chi connectivity index (χ4v) is 4.28. The Kier molecular flexibility index (Phi) is 4.72. The third kappa shape index (κ3) is 2.78. The summed E-state index contributed by atoms with van der Waals surface area (Å²) in [4.78, 5) is 79.1. The van der Waals surface area contributed by atoms with Gasteiger partial charge in [-0.15, -0.1) is 0 Å². The molecule has 10 heteroatoms. The van der Waals surface area contributed by atoms with Crippen molar-refractivity contribution in [1.29, 1.82) is 0 Å². The lowest BCUT2D eigenvalue weighted by atomic mass is 9.93. The van der Waals surface area contributed by atoms with Gasteiger partial charge in [-0.2, -0.15) is 0 Å². The molecule has 0 radical (unpaired) electrons. The second-order valence-corrected chi connectivity index (χ2v) is 7.56. The lowest BCUT2D eigenvalue weighted by Crippen LogP contribution is -2.79. The number of β-lactam (4-membered cyclic amide) rings is 1. The van der Waals surface area contributed by atoms with Gasteiger partial charge in [-0.3, -0.25) is 38.7 Å². The molecule has 0 saturated carbocycles. The second kappa shape index (κ2) is 7.15. The molecule has 0 bridgehead atoms. The minimum atomic E-state index is -1.44. The minimum absolute atomic E-state index is 0.0673. The maximum atomic E-state index is 13.2. The number of rotatable bonds is 5. The van der Waals surface area contributed by atoms with Crippen LogP contribution in [0.4, 0.5) is 0 Å². The number of amides is 5. The van der Waals surface area contributed by atoms with Crippen molar-refractivity contribution in [2.45, 2.75) is 38.0 Å². The first kappa shape index (κ1) is 20.5. The monoisotopic (exact) mass is 425 g/mol. The Morgan fingerprint density at radius 3 is 1.97 bits per heavy atom. The van der Waals surface area contributed by atoms with Gasteiger partial charge in [0.1, 0.15) is 6.17 Å². The van der Waals surface area contributed by atoms with Gasteiger partial charge in [0.25, 0.3) is 17.7 Å². The van der Waals surface area contributed by atoms with Crippen LogP contribution in [0.2, 0.25) is 0 Å². The molecule has 3 atom stereocenters. The van der Waals surface area contributed by atoms with E-state index in [-0.39, 0.29) is 29.5 Å². The number of fused-ring (bicyclic) bond motifs is 1. The van der Waals surface area contributed by atoms with Crippen LogP contribution in [0.15, 0.2) is 36.4 Å². The van der Waals surface area contributed by atoms with Crippen LogP contribution in [-0.4, -0.2) is 75.6 Å². The van der Waals surface area contributed by atoms with Gasteiger partial charge in [-0.1, -0.05) is 18.7 Å². The molecule has 3 aliphatic rings. The molecule has 0 aliphatic carbocycles. The number of hydrogen-bond acceptors (Lipinski definition) is 7. The van der Waals surface area contributed by atoms with Crippen LogP contribution in [0.1, 0.15) is 40.5 Å². The zero-order valence-corrected chi connectivity index (χ0v) is 16.9. The predicted octanol–water partition coefficient (Wildman–Crippen LogP) is 0.0862. The average molecular weight is 425 g/mol. The Balaban J connectivity index is 1.79. The molecule has 5 amide bonds. The van der Waals surface area contributed by atoms with Gasteiger partial charge in [0.15, 0.2) is 12.1 Å². The molecule has 3 aliphatic heterocycles. The number of hydrogen-bond donors (Lipinski definition) is 0. The zero-order chi connectivity index (χ0) is 22.6. The first-order valence-electron chi connectivity index (χ1n) is 9.58. The van der Waals surface area contributed by atoms with Crippen LogP contribution in [0.3, 0.4) is 0 Å². The van der Waals surface area contributed by atoms with Crippen molar-refractivity contribution in [3.8, 4) is 0 Å². The number of esters is 1. The van der Waals surface area contributed by atoms with E-state index in [1.807, 2.05) is 0 Å². The van der Waals surface area contributed by atoms with Gasteiger partial charge in [-0.25, -0.2) is 4.79 Å². The molecule has 4 rings (SSSR count). The summed E-state index contributed by atoms with van der Waals surface area (Å²) in [5.74, 6) is -4.09. The van der Waals surface area contributed by atoms with Crippen molar-refractivity contribution in [2.75, 3.05) is 7.11 Å². The standard InChI is InChI=1S/C21H19N3O7/c1-10(2)15(21(30)31-3)23-17(22-13(25)8-9-14(22)26)16(20(23)29)24-18(27)11-6-4-5-7-12(11)19(24)28/h4-7,15-17H,1,8-9H2,2-3H3/t15?,16?,17-/m0/s1. The van der Waals surface area contributed by atoms with Crippen LogP contribution < -0.4 is 0 Å². The quantitative estimate of drug-likeness (QED) is 0.284. The molecule has 0 N–H and O–H groups in total. The van der Waals surface area contributed by atoms with E-state index in [2.05, 4.69) is 6.58 Å². The number of likely N-dealkylation sites (tertiary alicyclic amines) is 2. The molecule has 0 aromatic heterocycles. The molecule has 0 spiro atoms. The highest BCUT2D eigenvalue weighted by Gasteiger charge is 2.63. The topological polar surface area (TPSA) is 121 Å².